The van der Waals surface area contributed by atoms with E-state index in [9.17, 15) is 18.4 Å². The van der Waals surface area contributed by atoms with Crippen LogP contribution in [0.3, 0.4) is 0 Å². The lowest BCUT2D eigenvalue weighted by molar-refractivity contribution is -0.139. The number of amides is 1. The van der Waals surface area contributed by atoms with Gasteiger partial charge in [-0.25, -0.2) is 8.78 Å². The molecule has 22 heavy (non-hydrogen) atoms. The van der Waals surface area contributed by atoms with Crippen molar-refractivity contribution in [3.8, 4) is 0 Å². The summed E-state index contributed by atoms with van der Waals surface area (Å²) in [6.45, 7) is 4.93. The number of benzene rings is 1. The molecule has 0 heterocycles. The van der Waals surface area contributed by atoms with Crippen LogP contribution < -0.4 is 5.32 Å². The van der Waals surface area contributed by atoms with Crippen LogP contribution in [0.4, 0.5) is 8.78 Å². The SMILES string of the molecule is CCC(CC)(CC(=O)O)NC(=O)C(C)c1c(F)cccc1F. The molecule has 0 aliphatic heterocycles. The van der Waals surface area contributed by atoms with Crippen molar-refractivity contribution < 1.29 is 23.5 Å². The lowest BCUT2D eigenvalue weighted by Gasteiger charge is -2.32. The van der Waals surface area contributed by atoms with E-state index in [1.54, 1.807) is 13.8 Å². The summed E-state index contributed by atoms with van der Waals surface area (Å²) in [6, 6.07) is 3.41. The second-order valence-corrected chi connectivity index (χ2v) is 5.40. The maximum Gasteiger partial charge on any atom is 0.305 e. The molecule has 0 aliphatic rings. The minimum atomic E-state index is -1.05. The second-order valence-electron chi connectivity index (χ2n) is 5.40. The average Bonchev–Trinajstić information content (AvgIpc) is 2.45. The zero-order valence-corrected chi connectivity index (χ0v) is 13.0. The fourth-order valence-electron chi connectivity index (χ4n) is 2.44. The Bertz CT molecular complexity index is 536. The van der Waals surface area contributed by atoms with Gasteiger partial charge in [0.25, 0.3) is 0 Å². The first-order chi connectivity index (χ1) is 10.3. The standard InChI is InChI=1S/C16H21F2NO3/c1-4-16(5-2,9-13(20)21)19-15(22)10(3)14-11(17)7-6-8-12(14)18/h6-8,10H,4-5,9H2,1-3H3,(H,19,22)(H,20,21). The highest BCUT2D eigenvalue weighted by Crippen LogP contribution is 2.26. The van der Waals surface area contributed by atoms with Gasteiger partial charge < -0.3 is 10.4 Å². The van der Waals surface area contributed by atoms with Gasteiger partial charge in [0.2, 0.25) is 5.91 Å². The van der Waals surface area contributed by atoms with Crippen LogP contribution in [-0.4, -0.2) is 22.5 Å². The normalized spacial score (nSPS) is 12.8. The third-order valence-electron chi connectivity index (χ3n) is 4.06. The van der Waals surface area contributed by atoms with Gasteiger partial charge in [-0.3, -0.25) is 9.59 Å². The molecule has 4 nitrogen and oxygen atoms in total. The van der Waals surface area contributed by atoms with Gasteiger partial charge in [-0.2, -0.15) is 0 Å². The summed E-state index contributed by atoms with van der Waals surface area (Å²) < 4.78 is 27.5. The lowest BCUT2D eigenvalue weighted by Crippen LogP contribution is -2.50. The Balaban J connectivity index is 3.02. The number of carboxylic acid groups (broad SMARTS) is 1. The van der Waals surface area contributed by atoms with Crippen molar-refractivity contribution in [3.05, 3.63) is 35.4 Å². The summed E-state index contributed by atoms with van der Waals surface area (Å²) in [5.41, 5.74) is -1.23. The van der Waals surface area contributed by atoms with Crippen molar-refractivity contribution in [1.29, 1.82) is 0 Å². The van der Waals surface area contributed by atoms with Crippen LogP contribution in [-0.2, 0) is 9.59 Å². The van der Waals surface area contributed by atoms with E-state index in [0.717, 1.165) is 12.1 Å². The maximum atomic E-state index is 13.8. The van der Waals surface area contributed by atoms with Gasteiger partial charge in [0, 0.05) is 11.1 Å². The molecule has 1 atom stereocenters. The third-order valence-corrected chi connectivity index (χ3v) is 4.06. The minimum absolute atomic E-state index is 0.238. The molecule has 0 saturated heterocycles. The first kappa shape index (κ1) is 18.1. The summed E-state index contributed by atoms with van der Waals surface area (Å²) in [7, 11) is 0. The highest BCUT2D eigenvalue weighted by atomic mass is 19.1. The van der Waals surface area contributed by atoms with E-state index >= 15 is 0 Å². The van der Waals surface area contributed by atoms with Crippen molar-refractivity contribution in [2.24, 2.45) is 0 Å². The zero-order valence-electron chi connectivity index (χ0n) is 13.0. The van der Waals surface area contributed by atoms with Crippen LogP contribution >= 0.6 is 0 Å². The Morgan fingerprint density at radius 2 is 1.73 bits per heavy atom. The summed E-state index contributed by atoms with van der Waals surface area (Å²) >= 11 is 0. The molecule has 6 heteroatoms. The van der Waals surface area contributed by atoms with Crippen molar-refractivity contribution in [1.82, 2.24) is 5.32 Å². The number of hydrogen-bond acceptors (Lipinski definition) is 2. The Morgan fingerprint density at radius 1 is 1.23 bits per heavy atom. The average molecular weight is 313 g/mol. The summed E-state index contributed by atoms with van der Waals surface area (Å²) in [6.07, 6.45) is 0.584. The molecule has 1 aromatic carbocycles. The molecule has 122 valence electrons. The molecule has 0 spiro atoms. The van der Waals surface area contributed by atoms with Crippen LogP contribution in [0.1, 0.15) is 51.5 Å². The van der Waals surface area contributed by atoms with Gasteiger partial charge in [0.15, 0.2) is 0 Å². The highest BCUT2D eigenvalue weighted by Gasteiger charge is 2.33. The zero-order chi connectivity index (χ0) is 16.9. The molecule has 1 unspecified atom stereocenters. The Morgan fingerprint density at radius 3 is 2.14 bits per heavy atom. The van der Waals surface area contributed by atoms with Gasteiger partial charge in [-0.1, -0.05) is 19.9 Å². The molecule has 0 fully saturated rings. The number of carboxylic acids is 1. The largest absolute Gasteiger partial charge is 0.481 e. The molecule has 0 saturated carbocycles. The van der Waals surface area contributed by atoms with E-state index in [2.05, 4.69) is 5.32 Å². The van der Waals surface area contributed by atoms with Gasteiger partial charge >= 0.3 is 5.97 Å². The first-order valence-corrected chi connectivity index (χ1v) is 7.24. The van der Waals surface area contributed by atoms with Crippen LogP contribution in [0, 0.1) is 11.6 Å². The molecular formula is C16H21F2NO3. The fourth-order valence-corrected chi connectivity index (χ4v) is 2.44. The van der Waals surface area contributed by atoms with Gasteiger partial charge in [-0.15, -0.1) is 0 Å². The maximum absolute atomic E-state index is 13.8. The number of aliphatic carboxylic acids is 1. The van der Waals surface area contributed by atoms with Gasteiger partial charge in [-0.05, 0) is 31.9 Å². The molecule has 2 N–H and O–H groups in total. The molecular weight excluding hydrogens is 292 g/mol. The van der Waals surface area contributed by atoms with Crippen LogP contribution in [0.2, 0.25) is 0 Å². The quantitative estimate of drug-likeness (QED) is 0.812. The summed E-state index contributed by atoms with van der Waals surface area (Å²) in [4.78, 5) is 23.3. The van der Waals surface area contributed by atoms with Gasteiger partial charge in [0.1, 0.15) is 11.6 Å². The van der Waals surface area contributed by atoms with E-state index in [-0.39, 0.29) is 12.0 Å². The fraction of sp³-hybridized carbons (Fsp3) is 0.500. The molecule has 0 aliphatic carbocycles. The number of rotatable bonds is 7. The lowest BCUT2D eigenvalue weighted by atomic mass is 9.87. The van der Waals surface area contributed by atoms with Crippen molar-refractivity contribution in [2.75, 3.05) is 0 Å². The highest BCUT2D eigenvalue weighted by molar-refractivity contribution is 5.84. The third kappa shape index (κ3) is 4.02. The minimum Gasteiger partial charge on any atom is -0.481 e. The summed E-state index contributed by atoms with van der Waals surface area (Å²) in [5, 5.41) is 11.7. The van der Waals surface area contributed by atoms with E-state index < -0.39 is 35.0 Å². The predicted octanol–water partition coefficient (Wildman–Crippen LogP) is 3.22. The van der Waals surface area contributed by atoms with Crippen LogP contribution in [0.5, 0.6) is 0 Å². The number of carbonyl (C=O) groups excluding carboxylic acids is 1. The predicted molar refractivity (Wildman–Crippen MR) is 78.5 cm³/mol. The van der Waals surface area contributed by atoms with E-state index in [1.165, 1.54) is 13.0 Å². The molecule has 0 radical (unpaired) electrons. The number of carbonyl (C=O) groups is 2. The molecule has 1 aromatic rings. The Labute approximate surface area is 128 Å². The van der Waals surface area contributed by atoms with E-state index in [1.807, 2.05) is 0 Å². The van der Waals surface area contributed by atoms with E-state index in [4.69, 9.17) is 5.11 Å². The topological polar surface area (TPSA) is 66.4 Å². The Kier molecular flexibility index (Phi) is 6.02. The van der Waals surface area contributed by atoms with E-state index in [0.29, 0.717) is 12.8 Å². The summed E-state index contributed by atoms with van der Waals surface area (Å²) in [5.74, 6) is -4.26. The monoisotopic (exact) mass is 313 g/mol. The molecule has 1 amide bonds. The van der Waals surface area contributed by atoms with Crippen molar-refractivity contribution in [3.63, 3.8) is 0 Å². The van der Waals surface area contributed by atoms with Crippen molar-refractivity contribution >= 4 is 11.9 Å². The second kappa shape index (κ2) is 7.33. The molecule has 0 bridgehead atoms. The molecule has 0 aromatic heterocycles. The van der Waals surface area contributed by atoms with Gasteiger partial charge in [0.05, 0.1) is 12.3 Å². The smallest absolute Gasteiger partial charge is 0.305 e. The van der Waals surface area contributed by atoms with Crippen molar-refractivity contribution in [2.45, 2.75) is 51.5 Å². The number of hydrogen-bond donors (Lipinski definition) is 2. The molecule has 1 rings (SSSR count). The van der Waals surface area contributed by atoms with Crippen LogP contribution in [0.15, 0.2) is 18.2 Å². The first-order valence-electron chi connectivity index (χ1n) is 7.24. The number of halogens is 2. The Hall–Kier alpha value is -1.98. The van der Waals surface area contributed by atoms with Crippen LogP contribution in [0.25, 0.3) is 0 Å². The number of nitrogens with one attached hydrogen (secondary N) is 1.